The fourth-order valence-electron chi connectivity index (χ4n) is 3.46. The zero-order valence-electron chi connectivity index (χ0n) is 14.4. The van der Waals surface area contributed by atoms with Gasteiger partial charge in [0.15, 0.2) is 0 Å². The Bertz CT molecular complexity index is 666. The van der Waals surface area contributed by atoms with Gasteiger partial charge in [0.05, 0.1) is 11.5 Å². The van der Waals surface area contributed by atoms with Gasteiger partial charge in [-0.2, -0.15) is 0 Å². The summed E-state index contributed by atoms with van der Waals surface area (Å²) >= 11 is 0. The van der Waals surface area contributed by atoms with Crippen molar-refractivity contribution in [1.82, 2.24) is 5.32 Å². The highest BCUT2D eigenvalue weighted by molar-refractivity contribution is 5.88. The first-order valence-electron chi connectivity index (χ1n) is 8.87. The highest BCUT2D eigenvalue weighted by Crippen LogP contribution is 2.35. The molecule has 0 unspecified atom stereocenters. The van der Waals surface area contributed by atoms with Crippen LogP contribution in [0, 0.1) is 0 Å². The van der Waals surface area contributed by atoms with Crippen molar-refractivity contribution < 1.29 is 14.6 Å². The molecule has 0 spiro atoms. The molecule has 0 saturated carbocycles. The smallest absolute Gasteiger partial charge is 0.230 e. The second-order valence-electron chi connectivity index (χ2n) is 6.53. The van der Waals surface area contributed by atoms with Crippen molar-refractivity contribution in [3.63, 3.8) is 0 Å². The van der Waals surface area contributed by atoms with Gasteiger partial charge in [0.2, 0.25) is 5.91 Å². The Labute approximate surface area is 148 Å². The van der Waals surface area contributed by atoms with Gasteiger partial charge in [-0.25, -0.2) is 0 Å². The average molecular weight is 339 g/mol. The SMILES string of the molecule is O=C(NCC[C@H](O)c1ccccc1)C1(c2ccccc2)CCOCC1. The molecule has 2 aromatic rings. The summed E-state index contributed by atoms with van der Waals surface area (Å²) in [6, 6.07) is 19.5. The van der Waals surface area contributed by atoms with E-state index in [1.54, 1.807) is 0 Å². The Morgan fingerprint density at radius 3 is 2.28 bits per heavy atom. The van der Waals surface area contributed by atoms with Crippen molar-refractivity contribution in [3.05, 3.63) is 71.8 Å². The third-order valence-electron chi connectivity index (χ3n) is 5.00. The molecule has 4 heteroatoms. The Morgan fingerprint density at radius 2 is 1.64 bits per heavy atom. The summed E-state index contributed by atoms with van der Waals surface area (Å²) in [6.45, 7) is 1.63. The van der Waals surface area contributed by atoms with Gasteiger partial charge in [0.1, 0.15) is 0 Å². The first kappa shape index (κ1) is 17.6. The quantitative estimate of drug-likeness (QED) is 0.851. The van der Waals surface area contributed by atoms with E-state index in [2.05, 4.69) is 5.32 Å². The van der Waals surface area contributed by atoms with Crippen LogP contribution in [0.25, 0.3) is 0 Å². The minimum atomic E-state index is -0.566. The number of nitrogens with one attached hydrogen (secondary N) is 1. The van der Waals surface area contributed by atoms with Crippen molar-refractivity contribution >= 4 is 5.91 Å². The van der Waals surface area contributed by atoms with E-state index in [1.165, 1.54) is 0 Å². The van der Waals surface area contributed by atoms with Crippen LogP contribution in [-0.2, 0) is 14.9 Å². The van der Waals surface area contributed by atoms with Gasteiger partial charge in [-0.1, -0.05) is 60.7 Å². The molecule has 4 nitrogen and oxygen atoms in total. The molecule has 1 atom stereocenters. The predicted octanol–water partition coefficient (Wildman–Crippen LogP) is 2.97. The molecule has 1 amide bonds. The number of aliphatic hydroxyl groups is 1. The fraction of sp³-hybridized carbons (Fsp3) is 0.381. The maximum Gasteiger partial charge on any atom is 0.230 e. The van der Waals surface area contributed by atoms with Crippen molar-refractivity contribution in [2.24, 2.45) is 0 Å². The largest absolute Gasteiger partial charge is 0.388 e. The number of hydrogen-bond acceptors (Lipinski definition) is 3. The molecule has 3 rings (SSSR count). The number of hydrogen-bond donors (Lipinski definition) is 2. The third kappa shape index (κ3) is 4.09. The monoisotopic (exact) mass is 339 g/mol. The van der Waals surface area contributed by atoms with Crippen LogP contribution >= 0.6 is 0 Å². The maximum atomic E-state index is 13.0. The average Bonchev–Trinajstić information content (AvgIpc) is 2.69. The molecular formula is C21H25NO3. The third-order valence-corrected chi connectivity index (χ3v) is 5.00. The number of carbonyl (C=O) groups is 1. The second kappa shape index (κ2) is 8.28. The van der Waals surface area contributed by atoms with Crippen LogP contribution in [0.4, 0.5) is 0 Å². The zero-order chi connectivity index (χ0) is 17.5. The van der Waals surface area contributed by atoms with E-state index >= 15 is 0 Å². The number of amides is 1. The second-order valence-corrected chi connectivity index (χ2v) is 6.53. The van der Waals surface area contributed by atoms with E-state index in [-0.39, 0.29) is 5.91 Å². The fourth-order valence-corrected chi connectivity index (χ4v) is 3.46. The Morgan fingerprint density at radius 1 is 1.04 bits per heavy atom. The van der Waals surface area contributed by atoms with Crippen molar-refractivity contribution in [3.8, 4) is 0 Å². The van der Waals surface area contributed by atoms with E-state index in [1.807, 2.05) is 60.7 Å². The van der Waals surface area contributed by atoms with Crippen molar-refractivity contribution in [2.75, 3.05) is 19.8 Å². The number of rotatable bonds is 6. The van der Waals surface area contributed by atoms with E-state index in [0.717, 1.165) is 11.1 Å². The Balaban J connectivity index is 1.63. The van der Waals surface area contributed by atoms with Gasteiger partial charge in [-0.05, 0) is 30.4 Å². The number of carbonyl (C=O) groups excluding carboxylic acids is 1. The summed E-state index contributed by atoms with van der Waals surface area (Å²) in [5, 5.41) is 13.3. The van der Waals surface area contributed by atoms with Gasteiger partial charge in [-0.3, -0.25) is 4.79 Å². The highest BCUT2D eigenvalue weighted by Gasteiger charge is 2.41. The molecule has 1 aliphatic rings. The van der Waals surface area contributed by atoms with Crippen LogP contribution < -0.4 is 5.32 Å². The van der Waals surface area contributed by atoms with E-state index in [9.17, 15) is 9.90 Å². The zero-order valence-corrected chi connectivity index (χ0v) is 14.4. The lowest BCUT2D eigenvalue weighted by Gasteiger charge is -2.36. The first-order chi connectivity index (χ1) is 12.2. The lowest BCUT2D eigenvalue weighted by atomic mass is 9.73. The highest BCUT2D eigenvalue weighted by atomic mass is 16.5. The molecule has 25 heavy (non-hydrogen) atoms. The summed E-state index contributed by atoms with van der Waals surface area (Å²) in [5.41, 5.74) is 1.39. The molecule has 1 heterocycles. The van der Waals surface area contributed by atoms with Gasteiger partial charge in [-0.15, -0.1) is 0 Å². The molecule has 1 aliphatic heterocycles. The minimum absolute atomic E-state index is 0.0299. The van der Waals surface area contributed by atoms with Crippen LogP contribution in [-0.4, -0.2) is 30.8 Å². The van der Waals surface area contributed by atoms with Gasteiger partial charge in [0.25, 0.3) is 0 Å². The van der Waals surface area contributed by atoms with E-state index < -0.39 is 11.5 Å². The van der Waals surface area contributed by atoms with E-state index in [0.29, 0.717) is 39.0 Å². The van der Waals surface area contributed by atoms with Crippen LogP contribution in [0.15, 0.2) is 60.7 Å². The maximum absolute atomic E-state index is 13.0. The Hall–Kier alpha value is -2.17. The molecule has 0 bridgehead atoms. The lowest BCUT2D eigenvalue weighted by molar-refractivity contribution is -0.130. The molecule has 2 aromatic carbocycles. The number of ether oxygens (including phenoxy) is 1. The molecule has 132 valence electrons. The molecule has 2 N–H and O–H groups in total. The standard InChI is InChI=1S/C21H25NO3/c23-19(17-7-3-1-4-8-17)11-14-22-20(24)21(12-15-25-16-13-21)18-9-5-2-6-10-18/h1-10,19,23H,11-16H2,(H,22,24)/t19-/m0/s1. The summed E-state index contributed by atoms with van der Waals surface area (Å²) in [6.07, 6.45) is 1.30. The van der Waals surface area contributed by atoms with E-state index in [4.69, 9.17) is 4.74 Å². The van der Waals surface area contributed by atoms with Crippen LogP contribution in [0.3, 0.4) is 0 Å². The minimum Gasteiger partial charge on any atom is -0.388 e. The lowest BCUT2D eigenvalue weighted by Crippen LogP contribution is -2.48. The molecule has 1 fully saturated rings. The topological polar surface area (TPSA) is 58.6 Å². The summed E-state index contributed by atoms with van der Waals surface area (Å²) in [5.74, 6) is 0.0299. The van der Waals surface area contributed by atoms with Gasteiger partial charge in [0, 0.05) is 19.8 Å². The van der Waals surface area contributed by atoms with Gasteiger partial charge < -0.3 is 15.2 Å². The molecule has 0 aliphatic carbocycles. The van der Waals surface area contributed by atoms with Crippen LogP contribution in [0.1, 0.15) is 36.5 Å². The summed E-state index contributed by atoms with van der Waals surface area (Å²) in [7, 11) is 0. The number of aliphatic hydroxyl groups excluding tert-OH is 1. The summed E-state index contributed by atoms with van der Waals surface area (Å²) in [4.78, 5) is 13.0. The molecule has 0 radical (unpaired) electrons. The van der Waals surface area contributed by atoms with Gasteiger partial charge >= 0.3 is 0 Å². The number of benzene rings is 2. The van der Waals surface area contributed by atoms with Crippen LogP contribution in [0.2, 0.25) is 0 Å². The molecular weight excluding hydrogens is 314 g/mol. The normalized spacial score (nSPS) is 17.6. The molecule has 0 aromatic heterocycles. The first-order valence-corrected chi connectivity index (χ1v) is 8.87. The van der Waals surface area contributed by atoms with Crippen molar-refractivity contribution in [2.45, 2.75) is 30.8 Å². The van der Waals surface area contributed by atoms with Crippen LogP contribution in [0.5, 0.6) is 0 Å². The summed E-state index contributed by atoms with van der Waals surface area (Å²) < 4.78 is 5.48. The molecule has 1 saturated heterocycles. The Kier molecular flexibility index (Phi) is 5.84. The predicted molar refractivity (Wildman–Crippen MR) is 97.2 cm³/mol. The van der Waals surface area contributed by atoms with Crippen molar-refractivity contribution in [1.29, 1.82) is 0 Å².